The molecule has 1 amide bonds. The number of halogens is 1. The van der Waals surface area contributed by atoms with Crippen molar-refractivity contribution in [2.24, 2.45) is 16.6 Å². The molecule has 1 unspecified atom stereocenters. The van der Waals surface area contributed by atoms with E-state index in [9.17, 15) is 4.79 Å². The molecule has 0 saturated carbocycles. The number of hydrogen-bond donors (Lipinski definition) is 2. The van der Waals surface area contributed by atoms with Crippen LogP contribution in [-0.4, -0.2) is 41.9 Å². The maximum Gasteiger partial charge on any atom is 0.217 e. The summed E-state index contributed by atoms with van der Waals surface area (Å²) >= 11 is 1.73. The number of carbonyl (C=O) groups is 1. The van der Waals surface area contributed by atoms with Crippen LogP contribution >= 0.6 is 35.3 Å². The number of likely N-dealkylation sites (tertiary alicyclic amines) is 1. The van der Waals surface area contributed by atoms with E-state index in [0.29, 0.717) is 18.9 Å². The van der Waals surface area contributed by atoms with E-state index in [4.69, 9.17) is 5.73 Å². The molecule has 1 fully saturated rings. The quantitative estimate of drug-likeness (QED) is 0.408. The third kappa shape index (κ3) is 6.25. The predicted octanol–water partition coefficient (Wildman–Crippen LogP) is 1.99. The standard InChI is InChI=1S/C15H25N5OS.HI/c1-3-12-8-18-14(22-12)9-19-15(17-2)20-6-4-5-11(10-20)7-13(16)21;/h8,11H,3-7,9-10H2,1-2H3,(H2,16,21)(H,17,19);1H. The van der Waals surface area contributed by atoms with Crippen molar-refractivity contribution in [1.82, 2.24) is 15.2 Å². The highest BCUT2D eigenvalue weighted by Crippen LogP contribution is 2.19. The van der Waals surface area contributed by atoms with E-state index in [1.807, 2.05) is 6.20 Å². The number of amides is 1. The number of carbonyl (C=O) groups excluding carboxylic acids is 1. The van der Waals surface area contributed by atoms with Crippen molar-refractivity contribution in [3.63, 3.8) is 0 Å². The van der Waals surface area contributed by atoms with Gasteiger partial charge < -0.3 is 16.0 Å². The van der Waals surface area contributed by atoms with Crippen LogP contribution in [-0.2, 0) is 17.8 Å². The third-order valence-corrected chi connectivity index (χ3v) is 5.01. The van der Waals surface area contributed by atoms with Crippen molar-refractivity contribution in [2.75, 3.05) is 20.1 Å². The van der Waals surface area contributed by atoms with E-state index in [0.717, 1.165) is 43.3 Å². The summed E-state index contributed by atoms with van der Waals surface area (Å²) in [6.45, 7) is 4.62. The number of primary amides is 1. The van der Waals surface area contributed by atoms with Crippen LogP contribution in [0.2, 0.25) is 0 Å². The Bertz CT molecular complexity index is 534. The van der Waals surface area contributed by atoms with Crippen molar-refractivity contribution in [3.05, 3.63) is 16.1 Å². The van der Waals surface area contributed by atoms with Crippen LogP contribution in [0.5, 0.6) is 0 Å². The summed E-state index contributed by atoms with van der Waals surface area (Å²) in [7, 11) is 1.79. The summed E-state index contributed by atoms with van der Waals surface area (Å²) in [6.07, 6.45) is 5.54. The Morgan fingerprint density at radius 2 is 2.39 bits per heavy atom. The van der Waals surface area contributed by atoms with Crippen molar-refractivity contribution >= 4 is 47.2 Å². The third-order valence-electron chi connectivity index (χ3n) is 3.87. The van der Waals surface area contributed by atoms with Crippen molar-refractivity contribution in [1.29, 1.82) is 0 Å². The fourth-order valence-electron chi connectivity index (χ4n) is 2.79. The molecule has 1 aromatic heterocycles. The number of thiazole rings is 1. The molecule has 0 spiro atoms. The van der Waals surface area contributed by atoms with E-state index < -0.39 is 0 Å². The highest BCUT2D eigenvalue weighted by molar-refractivity contribution is 14.0. The lowest BCUT2D eigenvalue weighted by Crippen LogP contribution is -2.46. The molecular weight excluding hydrogens is 425 g/mol. The minimum absolute atomic E-state index is 0. The molecular formula is C15H26IN5OS. The normalized spacial score (nSPS) is 18.4. The first-order chi connectivity index (χ1) is 10.6. The van der Waals surface area contributed by atoms with Crippen LogP contribution in [0.3, 0.4) is 0 Å². The summed E-state index contributed by atoms with van der Waals surface area (Å²) in [5.41, 5.74) is 5.32. The molecule has 2 rings (SSSR count). The number of rotatable bonds is 5. The fraction of sp³-hybridized carbons (Fsp3) is 0.667. The van der Waals surface area contributed by atoms with Gasteiger partial charge in [0.1, 0.15) is 5.01 Å². The molecule has 0 aliphatic carbocycles. The Morgan fingerprint density at radius 1 is 1.61 bits per heavy atom. The second-order valence-corrected chi connectivity index (χ2v) is 6.80. The topological polar surface area (TPSA) is 83.6 Å². The monoisotopic (exact) mass is 451 g/mol. The maximum absolute atomic E-state index is 11.1. The lowest BCUT2D eigenvalue weighted by molar-refractivity contribution is -0.119. The number of nitrogens with zero attached hydrogens (tertiary/aromatic N) is 3. The van der Waals surface area contributed by atoms with E-state index in [-0.39, 0.29) is 29.9 Å². The Balaban J connectivity index is 0.00000264. The van der Waals surface area contributed by atoms with Gasteiger partial charge in [0.05, 0.1) is 6.54 Å². The average molecular weight is 451 g/mol. The Hall–Kier alpha value is -0.900. The van der Waals surface area contributed by atoms with E-state index >= 15 is 0 Å². The van der Waals surface area contributed by atoms with Gasteiger partial charge in [-0.15, -0.1) is 35.3 Å². The van der Waals surface area contributed by atoms with Gasteiger partial charge in [-0.25, -0.2) is 4.98 Å². The van der Waals surface area contributed by atoms with Gasteiger partial charge in [-0.1, -0.05) is 6.92 Å². The average Bonchev–Trinajstić information content (AvgIpc) is 2.96. The largest absolute Gasteiger partial charge is 0.370 e. The number of aromatic nitrogens is 1. The zero-order valence-corrected chi connectivity index (χ0v) is 16.9. The smallest absolute Gasteiger partial charge is 0.217 e. The molecule has 0 radical (unpaired) electrons. The van der Waals surface area contributed by atoms with Gasteiger partial charge in [0.25, 0.3) is 0 Å². The number of piperidine rings is 1. The summed E-state index contributed by atoms with van der Waals surface area (Å²) < 4.78 is 0. The first-order valence-electron chi connectivity index (χ1n) is 7.79. The van der Waals surface area contributed by atoms with E-state index in [1.165, 1.54) is 4.88 Å². The maximum atomic E-state index is 11.1. The first-order valence-corrected chi connectivity index (χ1v) is 8.61. The number of nitrogens with two attached hydrogens (primary N) is 1. The summed E-state index contributed by atoms with van der Waals surface area (Å²) in [5, 5.41) is 4.45. The highest BCUT2D eigenvalue weighted by Gasteiger charge is 2.23. The number of hydrogen-bond acceptors (Lipinski definition) is 4. The van der Waals surface area contributed by atoms with Crippen LogP contribution in [0.25, 0.3) is 0 Å². The minimum atomic E-state index is -0.218. The van der Waals surface area contributed by atoms with Crippen LogP contribution in [0.1, 0.15) is 36.1 Å². The predicted molar refractivity (Wildman–Crippen MR) is 105 cm³/mol. The van der Waals surface area contributed by atoms with Gasteiger partial charge in [-0.2, -0.15) is 0 Å². The molecule has 1 atom stereocenters. The summed E-state index contributed by atoms with van der Waals surface area (Å²) in [4.78, 5) is 23.4. The van der Waals surface area contributed by atoms with Crippen molar-refractivity contribution in [2.45, 2.75) is 39.2 Å². The molecule has 1 saturated heterocycles. The molecule has 23 heavy (non-hydrogen) atoms. The van der Waals surface area contributed by atoms with Gasteiger partial charge in [0, 0.05) is 37.6 Å². The molecule has 1 aliphatic rings. The molecule has 1 aliphatic heterocycles. The SMILES string of the molecule is CCc1cnc(CNC(=NC)N2CCCC(CC(N)=O)C2)s1.I. The molecule has 0 bridgehead atoms. The first kappa shape index (κ1) is 20.1. The van der Waals surface area contributed by atoms with Crippen LogP contribution in [0.4, 0.5) is 0 Å². The van der Waals surface area contributed by atoms with Crippen molar-refractivity contribution in [3.8, 4) is 0 Å². The molecule has 1 aromatic rings. The Labute approximate surface area is 159 Å². The number of aryl methyl sites for hydroxylation is 1. The zero-order chi connectivity index (χ0) is 15.9. The second-order valence-electron chi connectivity index (χ2n) is 5.60. The van der Waals surface area contributed by atoms with Crippen LogP contribution < -0.4 is 11.1 Å². The molecule has 0 aromatic carbocycles. The molecule has 6 nitrogen and oxygen atoms in total. The van der Waals surface area contributed by atoms with E-state index in [1.54, 1.807) is 18.4 Å². The van der Waals surface area contributed by atoms with Crippen LogP contribution in [0.15, 0.2) is 11.2 Å². The van der Waals surface area contributed by atoms with Gasteiger partial charge in [-0.05, 0) is 25.2 Å². The van der Waals surface area contributed by atoms with Gasteiger partial charge in [-0.3, -0.25) is 9.79 Å². The number of nitrogens with one attached hydrogen (secondary N) is 1. The zero-order valence-electron chi connectivity index (χ0n) is 13.7. The Kier molecular flexibility index (Phi) is 8.82. The molecule has 130 valence electrons. The summed E-state index contributed by atoms with van der Waals surface area (Å²) in [6, 6.07) is 0. The van der Waals surface area contributed by atoms with Gasteiger partial charge in [0.15, 0.2) is 5.96 Å². The molecule has 8 heteroatoms. The number of aliphatic imine (C=N–C) groups is 1. The lowest BCUT2D eigenvalue weighted by atomic mass is 9.95. The molecule has 2 heterocycles. The van der Waals surface area contributed by atoms with Crippen LogP contribution in [0, 0.1) is 5.92 Å². The second kappa shape index (κ2) is 10.1. The van der Waals surface area contributed by atoms with Crippen molar-refractivity contribution < 1.29 is 4.79 Å². The van der Waals surface area contributed by atoms with Gasteiger partial charge >= 0.3 is 0 Å². The lowest BCUT2D eigenvalue weighted by Gasteiger charge is -2.34. The molecule has 3 N–H and O–H groups in total. The Morgan fingerprint density at radius 3 is 3.00 bits per heavy atom. The summed E-state index contributed by atoms with van der Waals surface area (Å²) in [5.74, 6) is 0.989. The number of guanidine groups is 1. The fourth-order valence-corrected chi connectivity index (χ4v) is 3.59. The highest BCUT2D eigenvalue weighted by atomic mass is 127. The van der Waals surface area contributed by atoms with Gasteiger partial charge in [0.2, 0.25) is 5.91 Å². The van der Waals surface area contributed by atoms with E-state index in [2.05, 4.69) is 27.1 Å². The minimum Gasteiger partial charge on any atom is -0.370 e.